The van der Waals surface area contributed by atoms with Crippen molar-refractivity contribution in [1.82, 2.24) is 14.3 Å². The van der Waals surface area contributed by atoms with Crippen LogP contribution in [0.4, 0.5) is 0 Å². The average Bonchev–Trinajstić information content (AvgIpc) is 3.63. The van der Waals surface area contributed by atoms with E-state index in [4.69, 9.17) is 9.47 Å². The van der Waals surface area contributed by atoms with Crippen molar-refractivity contribution in [2.24, 2.45) is 23.2 Å². The molecule has 8 nitrogen and oxygen atoms in total. The summed E-state index contributed by atoms with van der Waals surface area (Å²) in [4.78, 5) is 45.9. The van der Waals surface area contributed by atoms with Gasteiger partial charge in [-0.2, -0.15) is 0 Å². The smallest absolute Gasteiger partial charge is 0.306 e. The molecule has 0 unspecified atom stereocenters. The molecule has 2 bridgehead atoms. The van der Waals surface area contributed by atoms with Gasteiger partial charge in [0, 0.05) is 36.1 Å². The van der Waals surface area contributed by atoms with Crippen LogP contribution in [0, 0.1) is 23.2 Å². The Morgan fingerprint density at radius 1 is 1.05 bits per heavy atom. The molecular weight excluding hydrogens is 506 g/mol. The van der Waals surface area contributed by atoms with Gasteiger partial charge in [0.1, 0.15) is 29.9 Å². The van der Waals surface area contributed by atoms with Crippen molar-refractivity contribution in [1.29, 1.82) is 0 Å². The highest BCUT2D eigenvalue weighted by Gasteiger charge is 2.48. The van der Waals surface area contributed by atoms with Crippen LogP contribution in [0.5, 0.6) is 5.75 Å². The molecule has 1 saturated heterocycles. The third-order valence-corrected chi connectivity index (χ3v) is 9.50. The third-order valence-electron chi connectivity index (χ3n) is 9.50. The fourth-order valence-corrected chi connectivity index (χ4v) is 7.12. The van der Waals surface area contributed by atoms with Gasteiger partial charge in [0.15, 0.2) is 0 Å². The van der Waals surface area contributed by atoms with E-state index < -0.39 is 17.4 Å². The molecule has 6 atom stereocenters. The maximum Gasteiger partial charge on any atom is 0.306 e. The number of aryl methyl sites for hydroxylation is 1. The summed E-state index contributed by atoms with van der Waals surface area (Å²) in [6.45, 7) is 8.30. The molecule has 0 radical (unpaired) electrons. The third kappa shape index (κ3) is 5.91. The lowest BCUT2D eigenvalue weighted by molar-refractivity contribution is -0.157. The van der Waals surface area contributed by atoms with Crippen LogP contribution in [0.15, 0.2) is 24.7 Å². The Hall–Kier alpha value is -2.90. The van der Waals surface area contributed by atoms with E-state index in [0.29, 0.717) is 18.9 Å². The van der Waals surface area contributed by atoms with Gasteiger partial charge in [0.05, 0.1) is 24.9 Å². The molecule has 0 aromatic carbocycles. The summed E-state index contributed by atoms with van der Waals surface area (Å²) in [5.74, 6) is -0.0240. The number of aromatic nitrogens is 2. The first-order valence-corrected chi connectivity index (χ1v) is 15.3. The Balaban J connectivity index is 1.50. The Morgan fingerprint density at radius 2 is 1.85 bits per heavy atom. The first-order chi connectivity index (χ1) is 19.2. The van der Waals surface area contributed by atoms with Gasteiger partial charge in [-0.1, -0.05) is 40.5 Å². The van der Waals surface area contributed by atoms with E-state index in [2.05, 4.69) is 11.2 Å². The summed E-state index contributed by atoms with van der Waals surface area (Å²) >= 11 is 0. The predicted octanol–water partition coefficient (Wildman–Crippen LogP) is 5.40. The number of aldehydes is 1. The van der Waals surface area contributed by atoms with Gasteiger partial charge in [0.25, 0.3) is 0 Å². The number of amides is 1. The first-order valence-electron chi connectivity index (χ1n) is 15.3. The Morgan fingerprint density at radius 3 is 2.60 bits per heavy atom. The molecule has 3 aliphatic rings. The molecule has 0 spiro atoms. The van der Waals surface area contributed by atoms with Gasteiger partial charge in [-0.25, -0.2) is 4.98 Å². The van der Waals surface area contributed by atoms with E-state index in [1.807, 2.05) is 44.4 Å². The molecule has 0 N–H and O–H groups in total. The number of fused-ring (bicyclic) bond motifs is 5. The molecule has 4 heterocycles. The second kappa shape index (κ2) is 11.9. The number of rotatable bonds is 2. The molecule has 1 aliphatic carbocycles. The topological polar surface area (TPSA) is 90.2 Å². The lowest BCUT2D eigenvalue weighted by Crippen LogP contribution is -2.46. The van der Waals surface area contributed by atoms with Gasteiger partial charge >= 0.3 is 5.97 Å². The van der Waals surface area contributed by atoms with Gasteiger partial charge in [-0.15, -0.1) is 0 Å². The normalized spacial score (nSPS) is 30.6. The van der Waals surface area contributed by atoms with Crippen LogP contribution in [-0.2, 0) is 25.5 Å². The van der Waals surface area contributed by atoms with E-state index >= 15 is 0 Å². The largest absolute Gasteiger partial charge is 0.488 e. The van der Waals surface area contributed by atoms with Crippen LogP contribution < -0.4 is 4.74 Å². The summed E-state index contributed by atoms with van der Waals surface area (Å²) in [6.07, 6.45) is 15.3. The number of ether oxygens (including phenoxy) is 2. The number of pyridine rings is 1. The zero-order valence-electron chi connectivity index (χ0n) is 24.5. The standard InChI is InChI=1S/C32H45N3O5/c1-5-23-25(20-36)35-19-28(23)39-27-17-29-33-14-15-34(29)18-22(27)11-8-6-7-10-21-12-9-13-26(21)40-30(37)16-24(31(35)38)32(2,3)4/h14-15,17-18,20-21,23-26,28H,5-13,16,19H2,1-4H3/t21-,23+,24-,25-,26-,28+/m1/s1. The van der Waals surface area contributed by atoms with Crippen molar-refractivity contribution in [2.75, 3.05) is 6.54 Å². The van der Waals surface area contributed by atoms with E-state index in [0.717, 1.165) is 74.6 Å². The van der Waals surface area contributed by atoms with Crippen molar-refractivity contribution in [3.63, 3.8) is 0 Å². The highest BCUT2D eigenvalue weighted by Crippen LogP contribution is 2.39. The number of esters is 1. The number of carbonyl (C=O) groups excluding carboxylic acids is 3. The molecule has 40 heavy (non-hydrogen) atoms. The minimum Gasteiger partial charge on any atom is -0.488 e. The van der Waals surface area contributed by atoms with Crippen LogP contribution in [0.2, 0.25) is 0 Å². The molecule has 2 fully saturated rings. The monoisotopic (exact) mass is 551 g/mol. The fraction of sp³-hybridized carbons (Fsp3) is 0.688. The molecule has 1 amide bonds. The lowest BCUT2D eigenvalue weighted by atomic mass is 9.77. The zero-order valence-corrected chi connectivity index (χ0v) is 24.5. The van der Waals surface area contributed by atoms with Gasteiger partial charge in [0.2, 0.25) is 5.91 Å². The molecule has 5 rings (SSSR count). The minimum atomic E-state index is -0.594. The molecule has 2 aromatic rings. The zero-order chi connectivity index (χ0) is 28.4. The van der Waals surface area contributed by atoms with Crippen molar-refractivity contribution >= 4 is 23.8 Å². The molecule has 2 aromatic heterocycles. The van der Waals surface area contributed by atoms with Crippen molar-refractivity contribution in [3.8, 4) is 5.75 Å². The number of hydrogen-bond acceptors (Lipinski definition) is 6. The highest BCUT2D eigenvalue weighted by molar-refractivity contribution is 5.87. The summed E-state index contributed by atoms with van der Waals surface area (Å²) in [7, 11) is 0. The van der Waals surface area contributed by atoms with Crippen LogP contribution in [0.1, 0.15) is 91.0 Å². The van der Waals surface area contributed by atoms with Crippen LogP contribution >= 0.6 is 0 Å². The quantitative estimate of drug-likeness (QED) is 0.367. The van der Waals surface area contributed by atoms with Crippen molar-refractivity contribution in [3.05, 3.63) is 30.2 Å². The highest BCUT2D eigenvalue weighted by atomic mass is 16.5. The first kappa shape index (κ1) is 28.6. The number of hydrogen-bond donors (Lipinski definition) is 0. The van der Waals surface area contributed by atoms with E-state index in [1.54, 1.807) is 11.1 Å². The van der Waals surface area contributed by atoms with Crippen LogP contribution in [0.25, 0.3) is 5.65 Å². The maximum atomic E-state index is 14.1. The maximum absolute atomic E-state index is 14.1. The van der Waals surface area contributed by atoms with E-state index in [9.17, 15) is 14.4 Å². The van der Waals surface area contributed by atoms with Crippen LogP contribution in [-0.4, -0.2) is 57.2 Å². The summed E-state index contributed by atoms with van der Waals surface area (Å²) in [5, 5.41) is 0. The number of imidazole rings is 1. The molecule has 8 heteroatoms. The Bertz CT molecular complexity index is 1220. The van der Waals surface area contributed by atoms with Gasteiger partial charge < -0.3 is 23.6 Å². The summed E-state index contributed by atoms with van der Waals surface area (Å²) in [5.41, 5.74) is 1.46. The number of nitrogens with zero attached hydrogens (tertiary/aromatic N) is 3. The molecule has 1 saturated carbocycles. The minimum absolute atomic E-state index is 0.0244. The van der Waals surface area contributed by atoms with E-state index in [1.165, 1.54) is 0 Å². The number of carbonyl (C=O) groups is 3. The van der Waals surface area contributed by atoms with Gasteiger partial charge in [-0.3, -0.25) is 9.59 Å². The van der Waals surface area contributed by atoms with Crippen LogP contribution in [0.3, 0.4) is 0 Å². The molecule has 2 aliphatic heterocycles. The lowest BCUT2D eigenvalue weighted by Gasteiger charge is -2.34. The Kier molecular flexibility index (Phi) is 8.52. The fourth-order valence-electron chi connectivity index (χ4n) is 7.12. The van der Waals surface area contributed by atoms with Gasteiger partial charge in [-0.05, 0) is 56.3 Å². The second-order valence-electron chi connectivity index (χ2n) is 13.1. The average molecular weight is 552 g/mol. The predicted molar refractivity (Wildman–Crippen MR) is 152 cm³/mol. The SMILES string of the molecule is CC[C@@H]1[C@@H]2CN(C(=O)[C@H](C(C)(C)C)CC(=O)O[C@@H]3CCC[C@H]3CCCCCc3cn4ccnc4cc3O2)[C@@H]1C=O. The molecule has 218 valence electrons. The summed E-state index contributed by atoms with van der Waals surface area (Å²) in [6, 6.07) is 1.39. The Labute approximate surface area is 237 Å². The van der Waals surface area contributed by atoms with Crippen molar-refractivity contribution in [2.45, 2.75) is 110 Å². The van der Waals surface area contributed by atoms with Crippen molar-refractivity contribution < 1.29 is 23.9 Å². The van der Waals surface area contributed by atoms with E-state index in [-0.39, 0.29) is 36.4 Å². The second-order valence-corrected chi connectivity index (χ2v) is 13.1. The summed E-state index contributed by atoms with van der Waals surface area (Å²) < 4.78 is 14.8. The molecular formula is C32H45N3O5.